The van der Waals surface area contributed by atoms with Crippen LogP contribution in [0.1, 0.15) is 39.2 Å². The minimum atomic E-state index is -1.06. The number of carboxylic acids is 1. The molecular formula is C17H22NO3-. The van der Waals surface area contributed by atoms with E-state index < -0.39 is 16.8 Å². The zero-order valence-electron chi connectivity index (χ0n) is 12.8. The highest BCUT2D eigenvalue weighted by Crippen LogP contribution is 2.55. The van der Waals surface area contributed by atoms with Gasteiger partial charge in [-0.2, -0.15) is 0 Å². The Kier molecular flexibility index (Phi) is 4.08. The van der Waals surface area contributed by atoms with Crippen LogP contribution in [0.3, 0.4) is 0 Å². The first-order valence-corrected chi connectivity index (χ1v) is 7.32. The molecule has 0 aromatic heterocycles. The van der Waals surface area contributed by atoms with Gasteiger partial charge in [0.1, 0.15) is 0 Å². The van der Waals surface area contributed by atoms with Gasteiger partial charge in [-0.1, -0.05) is 51.1 Å². The summed E-state index contributed by atoms with van der Waals surface area (Å²) in [5.41, 5.74) is -0.543. The summed E-state index contributed by atoms with van der Waals surface area (Å²) in [5, 5.41) is 14.4. The third-order valence-corrected chi connectivity index (χ3v) is 5.30. The van der Waals surface area contributed by atoms with Crippen molar-refractivity contribution in [2.45, 2.75) is 40.2 Å². The second kappa shape index (κ2) is 5.51. The summed E-state index contributed by atoms with van der Waals surface area (Å²) >= 11 is 0. The molecule has 0 spiro atoms. The summed E-state index contributed by atoms with van der Waals surface area (Å²) in [7, 11) is 0. The van der Waals surface area contributed by atoms with Gasteiger partial charge in [0.25, 0.3) is 0 Å². The molecule has 4 nitrogen and oxygen atoms in total. The van der Waals surface area contributed by atoms with E-state index in [0.717, 1.165) is 5.56 Å². The Morgan fingerprint density at radius 3 is 2.38 bits per heavy atom. The van der Waals surface area contributed by atoms with Crippen molar-refractivity contribution in [3.63, 3.8) is 0 Å². The average Bonchev–Trinajstić information content (AvgIpc) is 2.69. The first kappa shape index (κ1) is 15.5. The van der Waals surface area contributed by atoms with Crippen LogP contribution in [0.25, 0.3) is 0 Å². The quantitative estimate of drug-likeness (QED) is 0.912. The highest BCUT2D eigenvalue weighted by atomic mass is 16.4. The van der Waals surface area contributed by atoms with Crippen molar-refractivity contribution in [2.75, 3.05) is 0 Å². The Morgan fingerprint density at radius 1 is 1.24 bits per heavy atom. The van der Waals surface area contributed by atoms with Crippen LogP contribution in [0.15, 0.2) is 30.3 Å². The maximum absolute atomic E-state index is 12.4. The number of rotatable bonds is 4. The predicted octanol–water partition coefficient (Wildman–Crippen LogP) is 1.50. The van der Waals surface area contributed by atoms with E-state index in [1.807, 2.05) is 44.2 Å². The Morgan fingerprint density at radius 2 is 1.86 bits per heavy atom. The molecule has 2 atom stereocenters. The standard InChI is InChI=1S/C17H23NO3/c1-16(2)13(9-10-17(16,3)15(20)21)14(19)18-11-12-7-5-4-6-8-12/h4-8,13H,9-11H2,1-3H3,(H,18,19)(H,20,21)/p-1/t13-,17+/m1/s1. The molecule has 4 heteroatoms. The van der Waals surface area contributed by atoms with E-state index in [1.165, 1.54) is 0 Å². The van der Waals surface area contributed by atoms with E-state index in [9.17, 15) is 14.7 Å². The van der Waals surface area contributed by atoms with Crippen molar-refractivity contribution in [3.05, 3.63) is 35.9 Å². The van der Waals surface area contributed by atoms with Crippen molar-refractivity contribution in [2.24, 2.45) is 16.7 Å². The number of hydrogen-bond acceptors (Lipinski definition) is 3. The summed E-state index contributed by atoms with van der Waals surface area (Å²) in [4.78, 5) is 23.9. The van der Waals surface area contributed by atoms with Crippen molar-refractivity contribution in [1.29, 1.82) is 0 Å². The lowest BCUT2D eigenvalue weighted by molar-refractivity contribution is -0.323. The fraction of sp³-hybridized carbons (Fsp3) is 0.529. The Hall–Kier alpha value is -1.84. The van der Waals surface area contributed by atoms with Gasteiger partial charge in [0.2, 0.25) is 5.91 Å². The molecule has 0 unspecified atom stereocenters. The molecule has 1 aromatic carbocycles. The van der Waals surface area contributed by atoms with Crippen molar-refractivity contribution >= 4 is 11.9 Å². The predicted molar refractivity (Wildman–Crippen MR) is 77.9 cm³/mol. The number of carboxylic acid groups (broad SMARTS) is 1. The average molecular weight is 288 g/mol. The molecule has 1 aliphatic rings. The summed E-state index contributed by atoms with van der Waals surface area (Å²) in [6, 6.07) is 9.68. The molecule has 0 radical (unpaired) electrons. The number of aliphatic carboxylic acids is 1. The van der Waals surface area contributed by atoms with Crippen molar-refractivity contribution in [3.8, 4) is 0 Å². The molecule has 1 N–H and O–H groups in total. The molecule has 0 bridgehead atoms. The van der Waals surface area contributed by atoms with E-state index in [2.05, 4.69) is 5.32 Å². The van der Waals surface area contributed by atoms with Crippen LogP contribution in [0.4, 0.5) is 0 Å². The number of carbonyl (C=O) groups excluding carboxylic acids is 2. The minimum absolute atomic E-state index is 0.0752. The van der Waals surface area contributed by atoms with Gasteiger partial charge in [-0.25, -0.2) is 0 Å². The number of amides is 1. The molecule has 21 heavy (non-hydrogen) atoms. The van der Waals surface area contributed by atoms with E-state index in [4.69, 9.17) is 0 Å². The molecule has 1 fully saturated rings. The summed E-state index contributed by atoms with van der Waals surface area (Å²) in [6.07, 6.45) is 1.06. The fourth-order valence-electron chi connectivity index (χ4n) is 3.23. The normalized spacial score (nSPS) is 27.3. The van der Waals surface area contributed by atoms with Gasteiger partial charge >= 0.3 is 0 Å². The number of benzene rings is 1. The SMILES string of the molecule is CC1(C)[C@@H](C(=O)NCc2ccccc2)CC[C@@]1(C)C(=O)[O-]. The van der Waals surface area contributed by atoms with Gasteiger partial charge in [-0.15, -0.1) is 0 Å². The smallest absolute Gasteiger partial charge is 0.223 e. The maximum atomic E-state index is 12.4. The molecule has 114 valence electrons. The number of nitrogens with one attached hydrogen (secondary N) is 1. The maximum Gasteiger partial charge on any atom is 0.223 e. The topological polar surface area (TPSA) is 69.2 Å². The van der Waals surface area contributed by atoms with Crippen molar-refractivity contribution in [1.82, 2.24) is 5.32 Å². The summed E-state index contributed by atoms with van der Waals surface area (Å²) < 4.78 is 0. The second-order valence-corrected chi connectivity index (χ2v) is 6.64. The fourth-order valence-corrected chi connectivity index (χ4v) is 3.23. The van der Waals surface area contributed by atoms with E-state index in [-0.39, 0.29) is 11.8 Å². The van der Waals surface area contributed by atoms with Gasteiger partial charge in [-0.05, 0) is 23.8 Å². The minimum Gasteiger partial charge on any atom is -0.550 e. The van der Waals surface area contributed by atoms with Crippen LogP contribution in [0.2, 0.25) is 0 Å². The lowest BCUT2D eigenvalue weighted by Gasteiger charge is -2.41. The lowest BCUT2D eigenvalue weighted by Crippen LogP contribution is -2.50. The zero-order chi connectivity index (χ0) is 15.7. The molecule has 1 aliphatic carbocycles. The molecule has 0 saturated heterocycles. The third-order valence-electron chi connectivity index (χ3n) is 5.30. The first-order valence-electron chi connectivity index (χ1n) is 7.32. The molecule has 1 saturated carbocycles. The number of hydrogen-bond donors (Lipinski definition) is 1. The van der Waals surface area contributed by atoms with Crippen LogP contribution >= 0.6 is 0 Å². The monoisotopic (exact) mass is 288 g/mol. The summed E-state index contributed by atoms with van der Waals surface area (Å²) in [6.45, 7) is 5.85. The molecule has 0 heterocycles. The van der Waals surface area contributed by atoms with Crippen LogP contribution in [-0.2, 0) is 16.1 Å². The largest absolute Gasteiger partial charge is 0.550 e. The Balaban J connectivity index is 2.05. The van der Waals surface area contributed by atoms with Crippen LogP contribution in [-0.4, -0.2) is 11.9 Å². The van der Waals surface area contributed by atoms with E-state index in [0.29, 0.717) is 19.4 Å². The van der Waals surface area contributed by atoms with E-state index >= 15 is 0 Å². The molecule has 1 amide bonds. The van der Waals surface area contributed by atoms with Gasteiger partial charge in [-0.3, -0.25) is 4.79 Å². The van der Waals surface area contributed by atoms with Gasteiger partial charge < -0.3 is 15.2 Å². The molecule has 0 aliphatic heterocycles. The van der Waals surface area contributed by atoms with Crippen LogP contribution < -0.4 is 10.4 Å². The van der Waals surface area contributed by atoms with Gasteiger partial charge in [0.05, 0.1) is 0 Å². The van der Waals surface area contributed by atoms with Crippen LogP contribution in [0, 0.1) is 16.7 Å². The highest BCUT2D eigenvalue weighted by molar-refractivity contribution is 5.83. The Bertz CT molecular complexity index is 538. The van der Waals surface area contributed by atoms with Crippen LogP contribution in [0.5, 0.6) is 0 Å². The number of carbonyl (C=O) groups is 2. The summed E-state index contributed by atoms with van der Waals surface area (Å²) in [5.74, 6) is -1.44. The molecule has 2 rings (SSSR count). The third kappa shape index (κ3) is 2.67. The van der Waals surface area contributed by atoms with Gasteiger partial charge in [0.15, 0.2) is 0 Å². The zero-order valence-corrected chi connectivity index (χ0v) is 12.8. The Labute approximate surface area is 125 Å². The van der Waals surface area contributed by atoms with E-state index in [1.54, 1.807) is 6.92 Å². The van der Waals surface area contributed by atoms with Gasteiger partial charge in [0, 0.05) is 23.8 Å². The molecule has 1 aromatic rings. The molecular weight excluding hydrogens is 266 g/mol. The first-order chi connectivity index (χ1) is 9.79. The second-order valence-electron chi connectivity index (χ2n) is 6.64. The van der Waals surface area contributed by atoms with Crippen molar-refractivity contribution < 1.29 is 14.7 Å². The lowest BCUT2D eigenvalue weighted by atomic mass is 9.65. The highest BCUT2D eigenvalue weighted by Gasteiger charge is 2.54.